The SMILES string of the molecule is CC.Cc1cc(C(F)(F)F)cc(C(F)(F)F)c1. The van der Waals surface area contributed by atoms with Crippen LogP contribution < -0.4 is 0 Å². The maximum Gasteiger partial charge on any atom is 0.416 e. The van der Waals surface area contributed by atoms with Gasteiger partial charge in [-0.15, -0.1) is 0 Å². The molecule has 1 rings (SSSR count). The van der Waals surface area contributed by atoms with E-state index in [1.807, 2.05) is 13.8 Å². The van der Waals surface area contributed by atoms with E-state index in [4.69, 9.17) is 0 Å². The van der Waals surface area contributed by atoms with E-state index in [0.29, 0.717) is 12.1 Å². The van der Waals surface area contributed by atoms with E-state index >= 15 is 0 Å². The number of aryl methyl sites for hydroxylation is 1. The lowest BCUT2D eigenvalue weighted by atomic mass is 10.1. The highest BCUT2D eigenvalue weighted by molar-refractivity contribution is 5.32. The number of benzene rings is 1. The quantitative estimate of drug-likeness (QED) is 0.570. The zero-order valence-corrected chi connectivity index (χ0v) is 9.50. The zero-order valence-electron chi connectivity index (χ0n) is 9.50. The second-order valence-corrected chi connectivity index (χ2v) is 3.08. The molecule has 98 valence electrons. The lowest BCUT2D eigenvalue weighted by molar-refractivity contribution is -0.143. The third-order valence-electron chi connectivity index (χ3n) is 1.73. The topological polar surface area (TPSA) is 0 Å². The molecule has 0 aliphatic rings. The average Bonchev–Trinajstić information content (AvgIpc) is 2.17. The minimum absolute atomic E-state index is 0.0721. The zero-order chi connectivity index (χ0) is 13.9. The molecule has 0 atom stereocenters. The van der Waals surface area contributed by atoms with Crippen molar-refractivity contribution in [2.24, 2.45) is 0 Å². The summed E-state index contributed by atoms with van der Waals surface area (Å²) in [5, 5.41) is 0. The first-order valence-electron chi connectivity index (χ1n) is 4.87. The van der Waals surface area contributed by atoms with E-state index in [0.717, 1.165) is 0 Å². The molecule has 0 aliphatic heterocycles. The van der Waals surface area contributed by atoms with E-state index in [-0.39, 0.29) is 11.6 Å². The monoisotopic (exact) mass is 258 g/mol. The molecule has 0 nitrogen and oxygen atoms in total. The molecule has 0 fully saturated rings. The number of alkyl halides is 6. The Kier molecular flexibility index (Phi) is 5.04. The maximum absolute atomic E-state index is 12.2. The Morgan fingerprint density at radius 1 is 0.706 bits per heavy atom. The van der Waals surface area contributed by atoms with Crippen molar-refractivity contribution < 1.29 is 26.3 Å². The minimum atomic E-state index is -4.76. The molecule has 0 aromatic heterocycles. The van der Waals surface area contributed by atoms with Gasteiger partial charge in [-0.05, 0) is 30.7 Å². The predicted molar refractivity (Wildman–Crippen MR) is 52.5 cm³/mol. The van der Waals surface area contributed by atoms with Crippen molar-refractivity contribution in [3.63, 3.8) is 0 Å². The second kappa shape index (κ2) is 5.42. The van der Waals surface area contributed by atoms with Crippen LogP contribution in [0.3, 0.4) is 0 Å². The number of hydrogen-bond donors (Lipinski definition) is 0. The summed E-state index contributed by atoms with van der Waals surface area (Å²) >= 11 is 0. The second-order valence-electron chi connectivity index (χ2n) is 3.08. The van der Waals surface area contributed by atoms with Crippen LogP contribution in [0.15, 0.2) is 18.2 Å². The van der Waals surface area contributed by atoms with Crippen molar-refractivity contribution in [3.8, 4) is 0 Å². The largest absolute Gasteiger partial charge is 0.416 e. The molecule has 17 heavy (non-hydrogen) atoms. The molecule has 0 aliphatic carbocycles. The van der Waals surface area contributed by atoms with E-state index in [1.54, 1.807) is 0 Å². The van der Waals surface area contributed by atoms with Crippen LogP contribution in [-0.2, 0) is 12.4 Å². The van der Waals surface area contributed by atoms with Gasteiger partial charge in [0.2, 0.25) is 0 Å². The van der Waals surface area contributed by atoms with E-state index in [9.17, 15) is 26.3 Å². The standard InChI is InChI=1S/C9H6F6.C2H6/c1-5-2-6(8(10,11)12)4-7(3-5)9(13,14)15;1-2/h2-4H,1H3;1-2H3. The Morgan fingerprint density at radius 3 is 1.24 bits per heavy atom. The molecule has 0 amide bonds. The average molecular weight is 258 g/mol. The molecule has 0 radical (unpaired) electrons. The van der Waals surface area contributed by atoms with Gasteiger partial charge in [-0.3, -0.25) is 0 Å². The summed E-state index contributed by atoms with van der Waals surface area (Å²) in [5.41, 5.74) is -2.64. The molecule has 0 spiro atoms. The molecule has 0 saturated carbocycles. The molecular formula is C11H12F6. The van der Waals surface area contributed by atoms with Gasteiger partial charge in [0.05, 0.1) is 11.1 Å². The normalized spacial score (nSPS) is 11.8. The van der Waals surface area contributed by atoms with Crippen LogP contribution >= 0.6 is 0 Å². The van der Waals surface area contributed by atoms with Crippen LogP contribution in [-0.4, -0.2) is 0 Å². The Balaban J connectivity index is 0.00000121. The molecule has 0 unspecified atom stereocenters. The number of hydrogen-bond acceptors (Lipinski definition) is 0. The minimum Gasteiger partial charge on any atom is -0.166 e. The molecule has 6 heteroatoms. The highest BCUT2D eigenvalue weighted by Crippen LogP contribution is 2.35. The van der Waals surface area contributed by atoms with Gasteiger partial charge in [0.15, 0.2) is 0 Å². The van der Waals surface area contributed by atoms with Crippen LogP contribution in [0.2, 0.25) is 0 Å². The summed E-state index contributed by atoms with van der Waals surface area (Å²) in [6.07, 6.45) is -9.52. The Morgan fingerprint density at radius 2 is 1.00 bits per heavy atom. The van der Waals surface area contributed by atoms with Gasteiger partial charge in [-0.1, -0.05) is 13.8 Å². The fourth-order valence-corrected chi connectivity index (χ4v) is 1.11. The van der Waals surface area contributed by atoms with Gasteiger partial charge in [0, 0.05) is 0 Å². The molecule has 0 bridgehead atoms. The number of rotatable bonds is 0. The lowest BCUT2D eigenvalue weighted by Crippen LogP contribution is -2.11. The highest BCUT2D eigenvalue weighted by Gasteiger charge is 2.36. The number of halogens is 6. The van der Waals surface area contributed by atoms with Crippen molar-refractivity contribution >= 4 is 0 Å². The van der Waals surface area contributed by atoms with Crippen molar-refractivity contribution in [1.82, 2.24) is 0 Å². The van der Waals surface area contributed by atoms with Crippen molar-refractivity contribution in [1.29, 1.82) is 0 Å². The fourth-order valence-electron chi connectivity index (χ4n) is 1.11. The van der Waals surface area contributed by atoms with Crippen molar-refractivity contribution in [2.75, 3.05) is 0 Å². The Bertz CT molecular complexity index is 329. The van der Waals surface area contributed by atoms with E-state index in [2.05, 4.69) is 0 Å². The highest BCUT2D eigenvalue weighted by atomic mass is 19.4. The van der Waals surface area contributed by atoms with E-state index in [1.165, 1.54) is 6.92 Å². The summed E-state index contributed by atoms with van der Waals surface area (Å²) in [5.74, 6) is 0. The first-order chi connectivity index (χ1) is 7.60. The van der Waals surface area contributed by atoms with Gasteiger partial charge in [-0.2, -0.15) is 26.3 Å². The third-order valence-corrected chi connectivity index (χ3v) is 1.73. The summed E-state index contributed by atoms with van der Waals surface area (Å²) in [6, 6.07) is 1.46. The smallest absolute Gasteiger partial charge is 0.166 e. The van der Waals surface area contributed by atoms with Crippen LogP contribution in [0.25, 0.3) is 0 Å². The van der Waals surface area contributed by atoms with Crippen LogP contribution in [0.4, 0.5) is 26.3 Å². The maximum atomic E-state index is 12.2. The van der Waals surface area contributed by atoms with Gasteiger partial charge < -0.3 is 0 Å². The fraction of sp³-hybridized carbons (Fsp3) is 0.455. The summed E-state index contributed by atoms with van der Waals surface area (Å²) in [4.78, 5) is 0. The van der Waals surface area contributed by atoms with Gasteiger partial charge >= 0.3 is 12.4 Å². The summed E-state index contributed by atoms with van der Waals surface area (Å²) in [6.45, 7) is 5.18. The van der Waals surface area contributed by atoms with Crippen molar-refractivity contribution in [2.45, 2.75) is 33.1 Å². The molecule has 0 N–H and O–H groups in total. The molecule has 1 aromatic rings. The summed E-state index contributed by atoms with van der Waals surface area (Å²) in [7, 11) is 0. The first-order valence-corrected chi connectivity index (χ1v) is 4.87. The summed E-state index contributed by atoms with van der Waals surface area (Å²) < 4.78 is 73.0. The van der Waals surface area contributed by atoms with Crippen LogP contribution in [0.1, 0.15) is 30.5 Å². The predicted octanol–water partition coefficient (Wildman–Crippen LogP) is 5.06. The third kappa shape index (κ3) is 4.66. The Labute approximate surface area is 95.3 Å². The van der Waals surface area contributed by atoms with Crippen LogP contribution in [0.5, 0.6) is 0 Å². The lowest BCUT2D eigenvalue weighted by Gasteiger charge is -2.12. The van der Waals surface area contributed by atoms with Crippen LogP contribution in [0, 0.1) is 6.92 Å². The Hall–Kier alpha value is -1.20. The van der Waals surface area contributed by atoms with Crippen molar-refractivity contribution in [3.05, 3.63) is 34.9 Å². The van der Waals surface area contributed by atoms with E-state index < -0.39 is 23.5 Å². The van der Waals surface area contributed by atoms with Gasteiger partial charge in [-0.25, -0.2) is 0 Å². The van der Waals surface area contributed by atoms with Gasteiger partial charge in [0.1, 0.15) is 0 Å². The van der Waals surface area contributed by atoms with Gasteiger partial charge in [0.25, 0.3) is 0 Å². The molecule has 0 saturated heterocycles. The molecule has 0 heterocycles. The molecular weight excluding hydrogens is 246 g/mol. The first kappa shape index (κ1) is 15.8. The molecule has 1 aromatic carbocycles.